The van der Waals surface area contributed by atoms with Gasteiger partial charge in [0.1, 0.15) is 52.0 Å². The van der Waals surface area contributed by atoms with E-state index in [0.717, 1.165) is 64.5 Å². The lowest BCUT2D eigenvalue weighted by atomic mass is 9.90. The second-order valence-corrected chi connectivity index (χ2v) is 23.1. The molecule has 1 fully saturated rings. The van der Waals surface area contributed by atoms with Gasteiger partial charge in [0, 0.05) is 64.8 Å². The number of ether oxygens (including phenoxy) is 9. The molecule has 0 bridgehead atoms. The van der Waals surface area contributed by atoms with Crippen molar-refractivity contribution in [3.05, 3.63) is 219 Å². The Kier molecular flexibility index (Phi) is 36.2. The van der Waals surface area contributed by atoms with Crippen molar-refractivity contribution >= 4 is 77.0 Å². The number of carbonyl (C=O) groups is 10. The fourth-order valence-electron chi connectivity index (χ4n) is 7.96. The van der Waals surface area contributed by atoms with E-state index in [2.05, 4.69) is 56.8 Å². The van der Waals surface area contributed by atoms with E-state index in [1.165, 1.54) is 0 Å². The summed E-state index contributed by atoms with van der Waals surface area (Å²) in [6.07, 6.45) is 9.61. The number of aliphatic carboxylic acids is 1. The highest BCUT2D eigenvalue weighted by molar-refractivity contribution is 7.99. The first-order valence-electron chi connectivity index (χ1n) is 30.5. The van der Waals surface area contributed by atoms with Gasteiger partial charge >= 0.3 is 53.7 Å². The Hall–Kier alpha value is -10.5. The van der Waals surface area contributed by atoms with Crippen molar-refractivity contribution in [3.63, 3.8) is 0 Å². The van der Waals surface area contributed by atoms with E-state index in [1.807, 2.05) is 106 Å². The number of allylic oxidation sites excluding steroid dienone is 2. The number of carbonyl (C=O) groups excluding carboxylic acids is 9. The molecule has 0 atom stereocenters. The molecule has 24 heteroatoms. The third-order valence-corrected chi connectivity index (χ3v) is 14.7. The summed E-state index contributed by atoms with van der Waals surface area (Å²) in [5, 5.41) is 12.8. The molecule has 4 aromatic rings. The Labute approximate surface area is 569 Å². The first-order valence-corrected chi connectivity index (χ1v) is 31.3. The predicted molar refractivity (Wildman–Crippen MR) is 360 cm³/mol. The summed E-state index contributed by atoms with van der Waals surface area (Å²) >= 11 is 1.63. The first kappa shape index (κ1) is 80.8. The number of likely N-dealkylation sites (N-methyl/N-ethyl adjacent to an activating group) is 1. The van der Waals surface area contributed by atoms with Crippen molar-refractivity contribution < 1.29 is 101 Å². The molecule has 0 aromatic heterocycles. The van der Waals surface area contributed by atoms with Crippen LogP contribution < -0.4 is 0 Å². The zero-order valence-corrected chi connectivity index (χ0v) is 56.1. The number of Topliss-reactive ketones (excluding diaryl/α,β-unsaturated/α-hetero) is 1. The van der Waals surface area contributed by atoms with Crippen LogP contribution in [0.1, 0.15) is 86.1 Å². The van der Waals surface area contributed by atoms with E-state index in [4.69, 9.17) is 52.6 Å². The summed E-state index contributed by atoms with van der Waals surface area (Å²) in [7, 11) is 1.99. The maximum atomic E-state index is 12.9. The molecule has 97 heavy (non-hydrogen) atoms. The van der Waals surface area contributed by atoms with Crippen LogP contribution in [0.25, 0.3) is 0 Å². The summed E-state index contributed by atoms with van der Waals surface area (Å²) in [5.74, 6) is -6.87. The molecule has 23 nitrogen and oxygen atoms in total. The molecule has 1 N–H and O–H groups in total. The molecule has 4 aromatic carbocycles. The summed E-state index contributed by atoms with van der Waals surface area (Å²) in [6.45, 7) is 21.3. The van der Waals surface area contributed by atoms with Gasteiger partial charge in [0.15, 0.2) is 5.88 Å². The number of ketones is 1. The normalized spacial score (nSPS) is 12.8. The van der Waals surface area contributed by atoms with Crippen molar-refractivity contribution in [2.45, 2.75) is 81.5 Å². The molecule has 5 rings (SSSR count). The van der Waals surface area contributed by atoms with Crippen LogP contribution in [0.2, 0.25) is 0 Å². The molecule has 0 saturated carbocycles. The van der Waals surface area contributed by atoms with Gasteiger partial charge in [0.05, 0.1) is 54.6 Å². The third-order valence-electron chi connectivity index (χ3n) is 13.7. The van der Waals surface area contributed by atoms with E-state index in [1.54, 1.807) is 54.2 Å². The zero-order chi connectivity index (χ0) is 71.7. The number of nitrogens with zero attached hydrogens (tertiary/aromatic N) is 2. The smallest absolute Gasteiger partial charge is 0.365 e. The highest BCUT2D eigenvalue weighted by Crippen LogP contribution is 2.30. The molecule has 0 spiro atoms. The van der Waals surface area contributed by atoms with Crippen LogP contribution in [0.3, 0.4) is 0 Å². The molecule has 0 radical (unpaired) electrons. The molecule has 1 heterocycles. The van der Waals surface area contributed by atoms with Gasteiger partial charge in [-0.15, -0.1) is 0 Å². The average Bonchev–Trinajstić information content (AvgIpc) is 1.80. The fraction of sp³-hybridized carbons (Fsp3) is 0.329. The Morgan fingerprint density at radius 3 is 1.46 bits per heavy atom. The topological polar surface area (TPSA) is 299 Å². The highest BCUT2D eigenvalue weighted by Gasteiger charge is 2.41. The van der Waals surface area contributed by atoms with Gasteiger partial charge in [-0.2, -0.15) is 0 Å². The van der Waals surface area contributed by atoms with Gasteiger partial charge in [0.25, 0.3) is 0 Å². The molecule has 0 unspecified atom stereocenters. The Bertz CT molecular complexity index is 3330. The molecular formula is C73H84N2O21S. The summed E-state index contributed by atoms with van der Waals surface area (Å²) in [4.78, 5) is 129. The van der Waals surface area contributed by atoms with Gasteiger partial charge in [-0.1, -0.05) is 130 Å². The van der Waals surface area contributed by atoms with Gasteiger partial charge in [0.2, 0.25) is 5.78 Å². The number of unbranched alkanes of at least 4 members (excludes halogenated alkanes) is 1. The van der Waals surface area contributed by atoms with Crippen LogP contribution in [0.5, 0.6) is 0 Å². The van der Waals surface area contributed by atoms with Gasteiger partial charge in [-0.25, -0.2) is 33.6 Å². The minimum Gasteiger partial charge on any atom is -0.481 e. The van der Waals surface area contributed by atoms with Crippen LogP contribution in [-0.2, 0) is 92.2 Å². The van der Waals surface area contributed by atoms with Crippen LogP contribution in [-0.4, -0.2) is 154 Å². The summed E-state index contributed by atoms with van der Waals surface area (Å²) in [5.41, 5.74) is -0.319. The zero-order valence-electron chi connectivity index (χ0n) is 55.3. The second kappa shape index (κ2) is 43.5. The quantitative estimate of drug-likeness (QED) is 0.00829. The first-order chi connectivity index (χ1) is 46.4. The monoisotopic (exact) mass is 1360 g/mol. The lowest BCUT2D eigenvalue weighted by Gasteiger charge is -2.35. The maximum absolute atomic E-state index is 12.9. The molecule has 0 aliphatic carbocycles. The van der Waals surface area contributed by atoms with Crippen LogP contribution in [0.4, 0.5) is 0 Å². The van der Waals surface area contributed by atoms with E-state index in [9.17, 15) is 47.9 Å². The second-order valence-electron chi connectivity index (χ2n) is 22.0. The number of carboxylic acids is 1. The number of hydrogen-bond donors (Lipinski definition) is 1. The molecule has 1 aliphatic heterocycles. The van der Waals surface area contributed by atoms with Crippen LogP contribution >= 0.6 is 11.8 Å². The SMILES string of the molecule is C=CC(=O)OCC(COCC(COC(=O)C=C)(COC(=O)C=C)COC(=O)CCC(=O)O)(COC(=O)C=C)COC(=O)C=C.CCCC/C(=N/OC(=O)c1ccccc1)C(=O)c1ccc(Sc2ccccc2)cc1.CCOC(=O)C(=CC=C1OCC(C)(C)N1C)Cc1ccccc1. The number of benzene rings is 4. The van der Waals surface area contributed by atoms with Crippen molar-refractivity contribution in [3.8, 4) is 0 Å². The molecule has 518 valence electrons. The van der Waals surface area contributed by atoms with Crippen LogP contribution in [0.15, 0.2) is 217 Å². The number of carboxylic acid groups (broad SMARTS) is 1. The van der Waals surface area contributed by atoms with Crippen molar-refractivity contribution in [2.24, 2.45) is 16.0 Å². The number of esters is 7. The fourth-order valence-corrected chi connectivity index (χ4v) is 8.80. The minimum absolute atomic E-state index is 0.0385. The number of rotatable bonds is 38. The number of hydrogen-bond acceptors (Lipinski definition) is 23. The lowest BCUT2D eigenvalue weighted by Crippen LogP contribution is -2.47. The lowest BCUT2D eigenvalue weighted by molar-refractivity contribution is -0.171. The number of oxime groups is 1. The highest BCUT2D eigenvalue weighted by atomic mass is 32.2. The Morgan fingerprint density at radius 2 is 1.03 bits per heavy atom. The van der Waals surface area contributed by atoms with E-state index < -0.39 is 124 Å². The van der Waals surface area contributed by atoms with E-state index in [-0.39, 0.29) is 23.0 Å². The van der Waals surface area contributed by atoms with E-state index >= 15 is 0 Å². The van der Waals surface area contributed by atoms with Crippen molar-refractivity contribution in [1.29, 1.82) is 0 Å². The van der Waals surface area contributed by atoms with Crippen LogP contribution in [0, 0.1) is 10.8 Å². The van der Waals surface area contributed by atoms with Gasteiger partial charge in [-0.3, -0.25) is 14.4 Å². The molecule has 0 amide bonds. The molecule has 1 saturated heterocycles. The third kappa shape index (κ3) is 30.7. The summed E-state index contributed by atoms with van der Waals surface area (Å²) < 4.78 is 47.6. The molecular weight excluding hydrogens is 1270 g/mol. The van der Waals surface area contributed by atoms with Gasteiger partial charge in [-0.05, 0) is 99.9 Å². The Morgan fingerprint density at radius 1 is 0.577 bits per heavy atom. The maximum Gasteiger partial charge on any atom is 0.365 e. The predicted octanol–water partition coefficient (Wildman–Crippen LogP) is 10.8. The molecule has 1 aliphatic rings. The standard InChI is InChI=1S/C29H36O15.C25H23NO3S.C19H25NO3/c1-6-22(32)39-15-28(16-40-23(33)7-2,17-41-24(34)8-3)13-38-14-29(18-42-25(35)9-4,19-43-26(36)10-5)20-44-27(37)12-11-21(30)31;1-2-3-14-23(26-29-25(28)20-10-6-4-7-11-20)24(27)19-15-17-22(18-16-19)30-21-12-8-5-9-13-21;1-5-22-18(21)16(13-15-9-7-6-8-10-15)11-12-17-20(4)19(2,3)14-23-17/h6-10H,1-5,11-20H2,(H,30,31);4-13,15-18H,2-3,14H2,1H3;6-12H,5,13-14H2,1-4H3/b;26-23-;. The minimum atomic E-state index is -1.60. The van der Waals surface area contributed by atoms with Gasteiger partial charge < -0.3 is 57.5 Å². The van der Waals surface area contributed by atoms with E-state index in [0.29, 0.717) is 42.8 Å². The van der Waals surface area contributed by atoms with Crippen molar-refractivity contribution in [2.75, 3.05) is 73.1 Å². The average molecular weight is 1360 g/mol. The Balaban J connectivity index is 0.000000399. The van der Waals surface area contributed by atoms with Crippen molar-refractivity contribution in [1.82, 2.24) is 4.90 Å². The largest absolute Gasteiger partial charge is 0.481 e. The summed E-state index contributed by atoms with van der Waals surface area (Å²) in [6, 6.07) is 36.0.